The summed E-state index contributed by atoms with van der Waals surface area (Å²) in [5.74, 6) is -0.469. The van der Waals surface area contributed by atoms with E-state index in [0.717, 1.165) is 16.2 Å². The largest absolute Gasteiger partial charge is 0.543 e. The number of terminal acetylenes is 1. The van der Waals surface area contributed by atoms with E-state index in [0.29, 0.717) is 17.7 Å². The molecule has 2 N–H and O–H groups in total. The number of oxime groups is 1. The van der Waals surface area contributed by atoms with Crippen molar-refractivity contribution >= 4 is 69.7 Å². The Kier molecular flexibility index (Phi) is 8.07. The number of pyridine rings is 1. The van der Waals surface area contributed by atoms with Crippen LogP contribution in [0.5, 0.6) is 0 Å². The number of β-lactam (4-membered cyclic amide) rings is 1. The van der Waals surface area contributed by atoms with Gasteiger partial charge in [-0.05, 0) is 0 Å². The monoisotopic (exact) mass is 560 g/mol. The number of nitrogens with zero attached hydrogens (tertiary/aromatic N) is 4. The molecule has 0 spiro atoms. The molecule has 12 nitrogen and oxygen atoms in total. The Bertz CT molecular complexity index is 1360. The molecule has 1 saturated heterocycles. The van der Waals surface area contributed by atoms with E-state index in [-0.39, 0.29) is 39.7 Å². The van der Waals surface area contributed by atoms with Gasteiger partial charge in [0.1, 0.15) is 21.4 Å². The minimum atomic E-state index is -1.48. The average molecular weight is 561 g/mol. The number of rotatable bonds is 10. The summed E-state index contributed by atoms with van der Waals surface area (Å²) < 4.78 is 1.81. The van der Waals surface area contributed by atoms with Crippen LogP contribution in [0.15, 0.2) is 47.0 Å². The standard InChI is InChI=1S/C22H17ClN6O6S2/c1-2-8-35-27-14(13-17(23)37-22(26-13)24-11-30)18(31)25-15-19(32)29-16(21(33)34)12(10-36-20(15)29)9-28-6-4-3-5-7-28/h1,3-7,11,15,20H,8-10H2,(H2-,24,25,26,30,31,33,34)/t15?,20-/m0/s1. The first-order chi connectivity index (χ1) is 17.8. The molecule has 0 aromatic carbocycles. The first-order valence-electron chi connectivity index (χ1n) is 10.5. The molecule has 2 atom stereocenters. The fraction of sp³-hybridized carbons (Fsp3) is 0.227. The molecule has 0 bridgehead atoms. The third kappa shape index (κ3) is 5.43. The van der Waals surface area contributed by atoms with E-state index in [1.807, 2.05) is 6.07 Å². The molecule has 4 heterocycles. The van der Waals surface area contributed by atoms with Crippen molar-refractivity contribution in [1.82, 2.24) is 15.2 Å². The Morgan fingerprint density at radius 1 is 1.41 bits per heavy atom. The number of carboxylic acid groups (broad SMARTS) is 1. The molecule has 3 amide bonds. The summed E-state index contributed by atoms with van der Waals surface area (Å²) in [4.78, 5) is 58.9. The molecule has 4 rings (SSSR count). The first-order valence-corrected chi connectivity index (χ1v) is 12.7. The van der Waals surface area contributed by atoms with Gasteiger partial charge in [0.25, 0.3) is 11.8 Å². The minimum Gasteiger partial charge on any atom is -0.543 e. The number of thiazole rings is 1. The van der Waals surface area contributed by atoms with Gasteiger partial charge < -0.3 is 25.4 Å². The van der Waals surface area contributed by atoms with Crippen molar-refractivity contribution in [3.05, 3.63) is 51.9 Å². The fourth-order valence-electron chi connectivity index (χ4n) is 3.65. The van der Waals surface area contributed by atoms with Gasteiger partial charge in [-0.2, -0.15) is 0 Å². The summed E-state index contributed by atoms with van der Waals surface area (Å²) in [5, 5.41) is 20.0. The Balaban J connectivity index is 1.55. The Hall–Kier alpha value is -3.93. The lowest BCUT2D eigenvalue weighted by atomic mass is 10.0. The smallest absolute Gasteiger partial charge is 0.276 e. The topological polar surface area (TPSA) is 157 Å². The summed E-state index contributed by atoms with van der Waals surface area (Å²) >= 11 is 8.36. The summed E-state index contributed by atoms with van der Waals surface area (Å²) in [6.45, 7) is 0.00203. The van der Waals surface area contributed by atoms with Crippen LogP contribution in [0.2, 0.25) is 4.34 Å². The van der Waals surface area contributed by atoms with Crippen LogP contribution in [0.25, 0.3) is 0 Å². The third-order valence-corrected chi connectivity index (χ3v) is 7.71. The fourth-order valence-corrected chi connectivity index (χ4v) is 5.99. The van der Waals surface area contributed by atoms with Crippen LogP contribution in [-0.2, 0) is 30.6 Å². The van der Waals surface area contributed by atoms with E-state index >= 15 is 0 Å². The van der Waals surface area contributed by atoms with Gasteiger partial charge in [0.2, 0.25) is 6.41 Å². The van der Waals surface area contributed by atoms with Crippen LogP contribution in [0.1, 0.15) is 5.69 Å². The van der Waals surface area contributed by atoms with Crippen LogP contribution in [0, 0.1) is 12.3 Å². The van der Waals surface area contributed by atoms with Crippen LogP contribution < -0.4 is 20.3 Å². The van der Waals surface area contributed by atoms with Crippen molar-refractivity contribution in [3.8, 4) is 12.3 Å². The first kappa shape index (κ1) is 26.1. The van der Waals surface area contributed by atoms with E-state index in [4.69, 9.17) is 22.9 Å². The Labute approximate surface area is 223 Å². The molecule has 1 fully saturated rings. The number of anilines is 1. The number of fused-ring (bicyclic) bond motifs is 1. The molecule has 2 aromatic heterocycles. The van der Waals surface area contributed by atoms with Gasteiger partial charge in [0, 0.05) is 23.5 Å². The van der Waals surface area contributed by atoms with Crippen molar-refractivity contribution < 1.29 is 33.7 Å². The second-order valence-electron chi connectivity index (χ2n) is 7.47. The number of thioether (sulfide) groups is 1. The summed E-state index contributed by atoms with van der Waals surface area (Å²) in [5.41, 5.74) is -0.179. The SMILES string of the molecule is C#CCON=C(C(=O)NC1C(=O)N2C(C(=O)[O-])=C(C[n+]3ccccc3)CS[C@@H]12)c1nc(NC=O)sc1Cl. The number of amides is 3. The van der Waals surface area contributed by atoms with E-state index in [1.54, 1.807) is 29.1 Å². The molecule has 0 saturated carbocycles. The summed E-state index contributed by atoms with van der Waals surface area (Å²) in [6, 6.07) is 4.38. The van der Waals surface area contributed by atoms with Crippen molar-refractivity contribution in [2.24, 2.45) is 5.16 Å². The number of nitrogens with one attached hydrogen (secondary N) is 2. The van der Waals surface area contributed by atoms with Gasteiger partial charge in [-0.3, -0.25) is 19.3 Å². The predicted octanol–water partition coefficient (Wildman–Crippen LogP) is -0.890. The van der Waals surface area contributed by atoms with Gasteiger partial charge in [-0.25, -0.2) is 9.55 Å². The average Bonchev–Trinajstić information content (AvgIpc) is 3.24. The molecular weight excluding hydrogens is 544 g/mol. The lowest BCUT2D eigenvalue weighted by Gasteiger charge is -2.50. The number of hydrogen-bond acceptors (Lipinski definition) is 10. The second kappa shape index (κ2) is 11.4. The molecule has 1 unspecified atom stereocenters. The highest BCUT2D eigenvalue weighted by Gasteiger charge is 2.53. The highest BCUT2D eigenvalue weighted by atomic mass is 35.5. The normalized spacial score (nSPS) is 18.9. The lowest BCUT2D eigenvalue weighted by molar-refractivity contribution is -0.689. The van der Waals surface area contributed by atoms with Crippen LogP contribution in [-0.4, -0.2) is 63.6 Å². The molecule has 2 aromatic rings. The molecule has 0 radical (unpaired) electrons. The number of carbonyl (C=O) groups excluding carboxylic acids is 4. The summed E-state index contributed by atoms with van der Waals surface area (Å²) in [6.07, 6.45) is 9.10. The number of carboxylic acids is 1. The maximum Gasteiger partial charge on any atom is 0.276 e. The quantitative estimate of drug-likeness (QED) is 0.0720. The maximum absolute atomic E-state index is 13.1. The van der Waals surface area contributed by atoms with Gasteiger partial charge in [-0.1, -0.05) is 40.1 Å². The molecule has 2 aliphatic rings. The van der Waals surface area contributed by atoms with E-state index < -0.39 is 29.2 Å². The highest BCUT2D eigenvalue weighted by Crippen LogP contribution is 2.40. The molecule has 0 aliphatic carbocycles. The number of hydrogen-bond donors (Lipinski definition) is 2. The number of aromatic nitrogens is 2. The Morgan fingerprint density at radius 2 is 2.16 bits per heavy atom. The second-order valence-corrected chi connectivity index (χ2v) is 10.2. The van der Waals surface area contributed by atoms with Crippen molar-refractivity contribution in [3.63, 3.8) is 0 Å². The van der Waals surface area contributed by atoms with Gasteiger partial charge in [0.15, 0.2) is 36.4 Å². The van der Waals surface area contributed by atoms with Crippen molar-refractivity contribution in [2.45, 2.75) is 18.0 Å². The zero-order valence-electron chi connectivity index (χ0n) is 18.8. The number of halogens is 1. The summed E-state index contributed by atoms with van der Waals surface area (Å²) in [7, 11) is 0. The van der Waals surface area contributed by atoms with E-state index in [2.05, 4.69) is 26.7 Å². The van der Waals surface area contributed by atoms with Crippen molar-refractivity contribution in [2.75, 3.05) is 17.7 Å². The van der Waals surface area contributed by atoms with Gasteiger partial charge in [-0.15, -0.1) is 18.2 Å². The minimum absolute atomic E-state index is 0.0291. The molecule has 2 aliphatic heterocycles. The zero-order valence-corrected chi connectivity index (χ0v) is 21.1. The van der Waals surface area contributed by atoms with Gasteiger partial charge >= 0.3 is 0 Å². The molecule has 37 heavy (non-hydrogen) atoms. The molecular formula is C22H17ClN6O6S2. The molecule has 190 valence electrons. The number of carbonyl (C=O) groups is 4. The van der Waals surface area contributed by atoms with Crippen LogP contribution >= 0.6 is 34.7 Å². The maximum atomic E-state index is 13.1. The van der Waals surface area contributed by atoms with Gasteiger partial charge in [0.05, 0.1) is 11.7 Å². The van der Waals surface area contributed by atoms with E-state index in [1.165, 1.54) is 11.8 Å². The van der Waals surface area contributed by atoms with Crippen LogP contribution in [0.4, 0.5) is 5.13 Å². The van der Waals surface area contributed by atoms with E-state index in [9.17, 15) is 24.3 Å². The Morgan fingerprint density at radius 3 is 2.84 bits per heavy atom. The highest BCUT2D eigenvalue weighted by molar-refractivity contribution is 8.00. The molecule has 15 heteroatoms. The third-order valence-electron chi connectivity index (χ3n) is 5.19. The van der Waals surface area contributed by atoms with Crippen molar-refractivity contribution in [1.29, 1.82) is 0 Å². The zero-order chi connectivity index (χ0) is 26.5. The van der Waals surface area contributed by atoms with Crippen LogP contribution in [0.3, 0.4) is 0 Å². The lowest BCUT2D eigenvalue weighted by Crippen LogP contribution is -2.71. The predicted molar refractivity (Wildman–Crippen MR) is 132 cm³/mol. The number of aliphatic carboxylic acids is 1.